The van der Waals surface area contributed by atoms with Crippen LogP contribution in [-0.4, -0.2) is 18.7 Å². The van der Waals surface area contributed by atoms with Crippen LogP contribution in [0, 0.1) is 0 Å². The number of hydrogen-bond donors (Lipinski definition) is 0. The predicted molar refractivity (Wildman–Crippen MR) is 70.4 cm³/mol. The summed E-state index contributed by atoms with van der Waals surface area (Å²) < 4.78 is 24.5. The monoisotopic (exact) mass is 318 g/mol. The number of carbonyl (C=O) groups is 1. The zero-order chi connectivity index (χ0) is 13.7. The van der Waals surface area contributed by atoms with Gasteiger partial charge in [-0.3, -0.25) is 0 Å². The molecule has 0 N–H and O–H groups in total. The summed E-state index contributed by atoms with van der Waals surface area (Å²) >= 11 is 3.29. The summed E-state index contributed by atoms with van der Waals surface area (Å²) in [5, 5.41) is 0. The van der Waals surface area contributed by atoms with Crippen molar-refractivity contribution >= 4 is 21.9 Å². The van der Waals surface area contributed by atoms with E-state index in [9.17, 15) is 9.18 Å². The lowest BCUT2D eigenvalue weighted by atomic mass is 10.1. The minimum Gasteiger partial charge on any atom is -0.490 e. The van der Waals surface area contributed by atoms with Crippen LogP contribution in [-0.2, 0) is 9.53 Å². The molecule has 0 amide bonds. The zero-order valence-corrected chi connectivity index (χ0v) is 12.2. The highest BCUT2D eigenvalue weighted by atomic mass is 79.9. The van der Waals surface area contributed by atoms with Crippen LogP contribution in [0.3, 0.4) is 0 Å². The first-order chi connectivity index (χ1) is 8.45. The van der Waals surface area contributed by atoms with E-state index in [0.717, 1.165) is 0 Å². The second-order valence-corrected chi connectivity index (χ2v) is 4.83. The summed E-state index contributed by atoms with van der Waals surface area (Å²) in [6.45, 7) is 5.60. The molecule has 3 nitrogen and oxygen atoms in total. The Labute approximate surface area is 114 Å². The Bertz CT molecular complexity index is 421. The molecule has 1 aromatic carbocycles. The molecule has 1 rings (SSSR count). The molecule has 0 aliphatic rings. The molecule has 0 spiro atoms. The van der Waals surface area contributed by atoms with E-state index in [1.165, 1.54) is 12.1 Å². The molecule has 1 unspecified atom stereocenters. The van der Waals surface area contributed by atoms with Gasteiger partial charge >= 0.3 is 5.97 Å². The molecular weight excluding hydrogens is 303 g/mol. The summed E-state index contributed by atoms with van der Waals surface area (Å²) in [4.78, 5) is 11.3. The fourth-order valence-corrected chi connectivity index (χ4v) is 1.87. The molecule has 5 heteroatoms. The average molecular weight is 319 g/mol. The third-order valence-corrected chi connectivity index (χ3v) is 2.72. The molecule has 0 saturated carbocycles. The van der Waals surface area contributed by atoms with Gasteiger partial charge in [0.05, 0.1) is 17.2 Å². The fourth-order valence-electron chi connectivity index (χ4n) is 1.38. The van der Waals surface area contributed by atoms with Crippen LogP contribution in [0.1, 0.15) is 32.5 Å². The number of rotatable bonds is 5. The average Bonchev–Trinajstić information content (AvgIpc) is 2.30. The fraction of sp³-hybridized carbons (Fsp3) is 0.462. The van der Waals surface area contributed by atoms with Crippen molar-refractivity contribution in [3.8, 4) is 5.75 Å². The summed E-state index contributed by atoms with van der Waals surface area (Å²) in [5.41, 5.74) is 0.247. The number of benzene rings is 1. The highest BCUT2D eigenvalue weighted by Gasteiger charge is 2.21. The second kappa shape index (κ2) is 6.73. The third kappa shape index (κ3) is 3.98. The van der Waals surface area contributed by atoms with Gasteiger partial charge in [0.25, 0.3) is 0 Å². The summed E-state index contributed by atoms with van der Waals surface area (Å²) in [5.74, 6) is -0.258. The summed E-state index contributed by atoms with van der Waals surface area (Å²) in [6, 6.07) is 4.68. The number of alkyl halides is 1. The Morgan fingerprint density at radius 3 is 2.61 bits per heavy atom. The van der Waals surface area contributed by atoms with Gasteiger partial charge in [0, 0.05) is 0 Å². The van der Waals surface area contributed by atoms with Crippen molar-refractivity contribution in [3.63, 3.8) is 0 Å². The Balaban J connectivity index is 2.86. The normalized spacial score (nSPS) is 12.3. The van der Waals surface area contributed by atoms with Crippen LogP contribution in [0.15, 0.2) is 22.7 Å². The number of hydrogen-bond acceptors (Lipinski definition) is 3. The van der Waals surface area contributed by atoms with Crippen molar-refractivity contribution in [2.24, 2.45) is 0 Å². The van der Waals surface area contributed by atoms with Gasteiger partial charge in [-0.25, -0.2) is 9.18 Å². The first-order valence-corrected chi connectivity index (χ1v) is 6.51. The van der Waals surface area contributed by atoms with Gasteiger partial charge in [-0.05, 0) is 54.4 Å². The molecule has 1 aromatic rings. The molecule has 0 bridgehead atoms. The molecule has 0 heterocycles. The number of ether oxygens (including phenoxy) is 2. The van der Waals surface area contributed by atoms with Crippen LogP contribution in [0.5, 0.6) is 5.75 Å². The van der Waals surface area contributed by atoms with Crippen LogP contribution >= 0.6 is 15.9 Å². The molecule has 18 heavy (non-hydrogen) atoms. The predicted octanol–water partition coefficient (Wildman–Crippen LogP) is 3.81. The van der Waals surface area contributed by atoms with Gasteiger partial charge in [0.15, 0.2) is 0 Å². The van der Waals surface area contributed by atoms with E-state index < -0.39 is 12.1 Å². The molecule has 0 aliphatic heterocycles. The third-order valence-electron chi connectivity index (χ3n) is 2.10. The largest absolute Gasteiger partial charge is 0.490 e. The van der Waals surface area contributed by atoms with Gasteiger partial charge in [0.2, 0.25) is 6.17 Å². The molecule has 0 radical (unpaired) electrons. The maximum Gasteiger partial charge on any atom is 0.345 e. The lowest BCUT2D eigenvalue weighted by Crippen LogP contribution is -2.12. The topological polar surface area (TPSA) is 35.5 Å². The number of halogens is 2. The van der Waals surface area contributed by atoms with Gasteiger partial charge in [-0.1, -0.05) is 6.07 Å². The van der Waals surface area contributed by atoms with Crippen molar-refractivity contribution in [3.05, 3.63) is 28.2 Å². The van der Waals surface area contributed by atoms with Crippen molar-refractivity contribution in [1.29, 1.82) is 0 Å². The highest BCUT2D eigenvalue weighted by Crippen LogP contribution is 2.30. The lowest BCUT2D eigenvalue weighted by Gasteiger charge is -2.13. The van der Waals surface area contributed by atoms with E-state index >= 15 is 0 Å². The molecule has 0 fully saturated rings. The minimum atomic E-state index is -1.77. The van der Waals surface area contributed by atoms with E-state index in [4.69, 9.17) is 4.74 Å². The Kier molecular flexibility index (Phi) is 5.59. The molecule has 100 valence electrons. The van der Waals surface area contributed by atoms with Crippen molar-refractivity contribution < 1.29 is 18.7 Å². The smallest absolute Gasteiger partial charge is 0.345 e. The molecule has 0 saturated heterocycles. The molecule has 1 atom stereocenters. The van der Waals surface area contributed by atoms with Crippen LogP contribution in [0.25, 0.3) is 0 Å². The summed E-state index contributed by atoms with van der Waals surface area (Å²) in [6.07, 6.45) is -1.74. The summed E-state index contributed by atoms with van der Waals surface area (Å²) in [7, 11) is 0. The lowest BCUT2D eigenvalue weighted by molar-refractivity contribution is -0.149. The van der Waals surface area contributed by atoms with Crippen LogP contribution in [0.4, 0.5) is 4.39 Å². The molecular formula is C13H16BrFO3. The SMILES string of the molecule is CCOC(=O)C(F)c1ccc(OC(C)C)c(Br)c1. The van der Waals surface area contributed by atoms with Crippen LogP contribution in [0.2, 0.25) is 0 Å². The Hall–Kier alpha value is -1.10. The van der Waals surface area contributed by atoms with E-state index in [1.54, 1.807) is 13.0 Å². The maximum atomic E-state index is 13.8. The van der Waals surface area contributed by atoms with Gasteiger partial charge < -0.3 is 9.47 Å². The van der Waals surface area contributed by atoms with Gasteiger partial charge in [-0.2, -0.15) is 0 Å². The molecule has 0 aliphatic carbocycles. The minimum absolute atomic E-state index is 0.0263. The van der Waals surface area contributed by atoms with Crippen molar-refractivity contribution in [2.75, 3.05) is 6.61 Å². The van der Waals surface area contributed by atoms with Gasteiger partial charge in [0.1, 0.15) is 5.75 Å². The van der Waals surface area contributed by atoms with Crippen LogP contribution < -0.4 is 4.74 Å². The highest BCUT2D eigenvalue weighted by molar-refractivity contribution is 9.10. The maximum absolute atomic E-state index is 13.8. The Morgan fingerprint density at radius 2 is 2.11 bits per heavy atom. The second-order valence-electron chi connectivity index (χ2n) is 3.97. The van der Waals surface area contributed by atoms with Gasteiger partial charge in [-0.15, -0.1) is 0 Å². The van der Waals surface area contributed by atoms with E-state index in [1.807, 2.05) is 13.8 Å². The first-order valence-electron chi connectivity index (χ1n) is 5.72. The number of carbonyl (C=O) groups excluding carboxylic acids is 1. The quantitative estimate of drug-likeness (QED) is 0.774. The van der Waals surface area contributed by atoms with Crippen molar-refractivity contribution in [1.82, 2.24) is 0 Å². The van der Waals surface area contributed by atoms with E-state index in [-0.39, 0.29) is 18.3 Å². The standard InChI is InChI=1S/C13H16BrFO3/c1-4-17-13(16)12(15)9-5-6-11(10(14)7-9)18-8(2)3/h5-8,12H,4H2,1-3H3. The van der Waals surface area contributed by atoms with E-state index in [2.05, 4.69) is 20.7 Å². The van der Waals surface area contributed by atoms with E-state index in [0.29, 0.717) is 10.2 Å². The zero-order valence-electron chi connectivity index (χ0n) is 10.6. The Morgan fingerprint density at radius 1 is 1.44 bits per heavy atom. The number of esters is 1. The first kappa shape index (κ1) is 15.0. The van der Waals surface area contributed by atoms with Crippen molar-refractivity contribution in [2.45, 2.75) is 33.0 Å². The molecule has 0 aromatic heterocycles.